The largest absolute Gasteiger partial charge is 0.493 e. The van der Waals surface area contributed by atoms with Gasteiger partial charge in [0.25, 0.3) is 5.56 Å². The van der Waals surface area contributed by atoms with Gasteiger partial charge in [-0.25, -0.2) is 9.67 Å². The molecule has 3 aromatic heterocycles. The number of nitrogens with zero attached hydrogens (tertiary/aromatic N) is 6. The van der Waals surface area contributed by atoms with E-state index in [1.54, 1.807) is 23.9 Å². The molecule has 0 aliphatic heterocycles. The molecule has 3 heterocycles. The quantitative estimate of drug-likeness (QED) is 0.377. The first-order valence-corrected chi connectivity index (χ1v) is 10.3. The van der Waals surface area contributed by atoms with E-state index in [0.29, 0.717) is 40.5 Å². The molecule has 0 aliphatic carbocycles. The van der Waals surface area contributed by atoms with Crippen LogP contribution in [0.5, 0.6) is 11.5 Å². The Morgan fingerprint density at radius 3 is 2.73 bits per heavy atom. The molecule has 5 rings (SSSR count). The lowest BCUT2D eigenvalue weighted by atomic mass is 10.2. The fraction of sp³-hybridized carbons (Fsp3) is 0.174. The van der Waals surface area contributed by atoms with E-state index in [4.69, 9.17) is 14.0 Å². The molecular formula is C23H20N6O4. The summed E-state index contributed by atoms with van der Waals surface area (Å²) in [5.74, 6) is 1.86. The number of fused-ring (bicyclic) bond motifs is 1. The van der Waals surface area contributed by atoms with E-state index in [1.807, 2.05) is 43.3 Å². The predicted octanol–water partition coefficient (Wildman–Crippen LogP) is 3.09. The second-order valence-corrected chi connectivity index (χ2v) is 7.12. The van der Waals surface area contributed by atoms with Crippen LogP contribution in [0, 0.1) is 0 Å². The maximum Gasteiger partial charge on any atom is 0.264 e. The number of hydrogen-bond donors (Lipinski definition) is 0. The molecule has 0 N–H and O–H groups in total. The zero-order valence-corrected chi connectivity index (χ0v) is 18.0. The molecule has 10 heteroatoms. The topological polar surface area (TPSA) is 110 Å². The molecule has 33 heavy (non-hydrogen) atoms. The average molecular weight is 444 g/mol. The zero-order chi connectivity index (χ0) is 22.8. The molecule has 2 aromatic carbocycles. The van der Waals surface area contributed by atoms with Crippen molar-refractivity contribution >= 4 is 11.0 Å². The monoisotopic (exact) mass is 444 g/mol. The van der Waals surface area contributed by atoms with Crippen LogP contribution in [0.1, 0.15) is 12.8 Å². The number of rotatable bonds is 7. The van der Waals surface area contributed by atoms with E-state index >= 15 is 0 Å². The van der Waals surface area contributed by atoms with Crippen molar-refractivity contribution in [2.75, 3.05) is 13.7 Å². The molecule has 0 fully saturated rings. The molecule has 0 atom stereocenters. The zero-order valence-electron chi connectivity index (χ0n) is 18.0. The number of hydrogen-bond acceptors (Lipinski definition) is 8. The molecule has 0 spiro atoms. The summed E-state index contributed by atoms with van der Waals surface area (Å²) >= 11 is 0. The van der Waals surface area contributed by atoms with Crippen molar-refractivity contribution in [2.45, 2.75) is 13.5 Å². The van der Waals surface area contributed by atoms with Crippen LogP contribution in [0.25, 0.3) is 28.1 Å². The van der Waals surface area contributed by atoms with Crippen LogP contribution in [0.3, 0.4) is 0 Å². The number of para-hydroxylation sites is 1. The first-order chi connectivity index (χ1) is 16.2. The SMILES string of the molecule is CCOc1ccc(-c2noc(Cn3cnc4c(cnn4-c4ccccc4)c3=O)n2)cc1OC. The second-order valence-electron chi connectivity index (χ2n) is 7.12. The van der Waals surface area contributed by atoms with E-state index in [0.717, 1.165) is 5.69 Å². The lowest BCUT2D eigenvalue weighted by Gasteiger charge is -2.09. The Kier molecular flexibility index (Phi) is 5.31. The van der Waals surface area contributed by atoms with E-state index in [9.17, 15) is 4.79 Å². The van der Waals surface area contributed by atoms with Crippen molar-refractivity contribution in [1.82, 2.24) is 29.5 Å². The van der Waals surface area contributed by atoms with Gasteiger partial charge in [-0.1, -0.05) is 23.4 Å². The highest BCUT2D eigenvalue weighted by Crippen LogP contribution is 2.31. The molecule has 0 amide bonds. The van der Waals surface area contributed by atoms with Gasteiger partial charge in [0.05, 0.1) is 25.6 Å². The summed E-state index contributed by atoms with van der Waals surface area (Å²) in [7, 11) is 1.57. The van der Waals surface area contributed by atoms with Crippen molar-refractivity contribution in [3.63, 3.8) is 0 Å². The van der Waals surface area contributed by atoms with Gasteiger partial charge in [0.15, 0.2) is 17.1 Å². The summed E-state index contributed by atoms with van der Waals surface area (Å²) in [6.07, 6.45) is 2.97. The Balaban J connectivity index is 1.42. The summed E-state index contributed by atoms with van der Waals surface area (Å²) in [4.78, 5) is 21.8. The summed E-state index contributed by atoms with van der Waals surface area (Å²) < 4.78 is 19.3. The maximum atomic E-state index is 13.0. The van der Waals surface area contributed by atoms with Gasteiger partial charge in [0.2, 0.25) is 11.7 Å². The third-order valence-electron chi connectivity index (χ3n) is 5.05. The third-order valence-corrected chi connectivity index (χ3v) is 5.05. The van der Waals surface area contributed by atoms with Crippen molar-refractivity contribution in [1.29, 1.82) is 0 Å². The second kappa shape index (κ2) is 8.58. The summed E-state index contributed by atoms with van der Waals surface area (Å²) in [6, 6.07) is 14.9. The molecular weight excluding hydrogens is 424 g/mol. The first-order valence-electron chi connectivity index (χ1n) is 10.3. The van der Waals surface area contributed by atoms with Crippen molar-refractivity contribution < 1.29 is 14.0 Å². The van der Waals surface area contributed by atoms with Crippen molar-refractivity contribution in [2.24, 2.45) is 0 Å². The van der Waals surface area contributed by atoms with Crippen LogP contribution in [-0.2, 0) is 6.54 Å². The Morgan fingerprint density at radius 1 is 1.09 bits per heavy atom. The molecule has 0 saturated carbocycles. The van der Waals surface area contributed by atoms with Gasteiger partial charge in [-0.15, -0.1) is 0 Å². The fourth-order valence-electron chi connectivity index (χ4n) is 3.48. The van der Waals surface area contributed by atoms with Gasteiger partial charge < -0.3 is 14.0 Å². The van der Waals surface area contributed by atoms with Crippen molar-refractivity contribution in [3.8, 4) is 28.6 Å². The molecule has 0 bridgehead atoms. The van der Waals surface area contributed by atoms with Crippen LogP contribution >= 0.6 is 0 Å². The Bertz CT molecular complexity index is 1470. The number of methoxy groups -OCH3 is 1. The molecule has 0 unspecified atom stereocenters. The minimum Gasteiger partial charge on any atom is -0.493 e. The number of aromatic nitrogens is 6. The van der Waals surface area contributed by atoms with E-state index < -0.39 is 0 Å². The van der Waals surface area contributed by atoms with Crippen LogP contribution in [-0.4, -0.2) is 43.2 Å². The van der Waals surface area contributed by atoms with Crippen LogP contribution in [0.15, 0.2) is 70.4 Å². The Labute approximate surface area is 188 Å². The molecule has 0 radical (unpaired) electrons. The number of benzene rings is 2. The Morgan fingerprint density at radius 2 is 1.94 bits per heavy atom. The molecule has 0 aliphatic rings. The van der Waals surface area contributed by atoms with Gasteiger partial charge >= 0.3 is 0 Å². The average Bonchev–Trinajstić information content (AvgIpc) is 3.50. The Hall–Kier alpha value is -4.47. The minimum absolute atomic E-state index is 0.0828. The maximum absolute atomic E-state index is 13.0. The van der Waals surface area contributed by atoms with E-state index in [2.05, 4.69) is 20.2 Å². The molecule has 166 valence electrons. The van der Waals surface area contributed by atoms with E-state index in [1.165, 1.54) is 17.1 Å². The summed E-state index contributed by atoms with van der Waals surface area (Å²) in [6.45, 7) is 2.51. The summed E-state index contributed by atoms with van der Waals surface area (Å²) in [5, 5.41) is 8.76. The van der Waals surface area contributed by atoms with Crippen LogP contribution < -0.4 is 15.0 Å². The first kappa shape index (κ1) is 20.4. The number of ether oxygens (including phenoxy) is 2. The van der Waals surface area contributed by atoms with Gasteiger partial charge in [-0.2, -0.15) is 10.1 Å². The van der Waals surface area contributed by atoms with Gasteiger partial charge in [0.1, 0.15) is 18.3 Å². The van der Waals surface area contributed by atoms with Gasteiger partial charge in [-0.3, -0.25) is 9.36 Å². The highest BCUT2D eigenvalue weighted by atomic mass is 16.5. The van der Waals surface area contributed by atoms with Gasteiger partial charge in [-0.05, 0) is 37.3 Å². The lowest BCUT2D eigenvalue weighted by molar-refractivity contribution is 0.311. The smallest absolute Gasteiger partial charge is 0.264 e. The molecule has 5 aromatic rings. The normalized spacial score (nSPS) is 11.1. The molecule has 10 nitrogen and oxygen atoms in total. The standard InChI is InChI=1S/C23H20N6O4/c1-3-32-18-10-9-15(11-19(18)31-2)21-26-20(33-27-21)13-28-14-24-22-17(23(28)30)12-25-29(22)16-7-5-4-6-8-16/h4-12,14H,3,13H2,1-2H3. The van der Waals surface area contributed by atoms with Crippen molar-refractivity contribution in [3.05, 3.63) is 77.3 Å². The van der Waals surface area contributed by atoms with Crippen LogP contribution in [0.4, 0.5) is 0 Å². The van der Waals surface area contributed by atoms with Gasteiger partial charge in [0, 0.05) is 5.56 Å². The summed E-state index contributed by atoms with van der Waals surface area (Å²) in [5.41, 5.74) is 1.76. The fourth-order valence-corrected chi connectivity index (χ4v) is 3.48. The third kappa shape index (κ3) is 3.82. The highest BCUT2D eigenvalue weighted by molar-refractivity contribution is 5.74. The van der Waals surface area contributed by atoms with Crippen LogP contribution in [0.2, 0.25) is 0 Å². The predicted molar refractivity (Wildman–Crippen MR) is 120 cm³/mol. The highest BCUT2D eigenvalue weighted by Gasteiger charge is 2.15. The lowest BCUT2D eigenvalue weighted by Crippen LogP contribution is -2.21. The minimum atomic E-state index is -0.246. The molecule has 0 saturated heterocycles. The van der Waals surface area contributed by atoms with E-state index in [-0.39, 0.29) is 18.0 Å².